The van der Waals surface area contributed by atoms with E-state index in [1.165, 1.54) is 13.2 Å². The van der Waals surface area contributed by atoms with Crippen molar-refractivity contribution in [3.63, 3.8) is 0 Å². The molecule has 0 aliphatic carbocycles. The molecule has 2 unspecified atom stereocenters. The number of hydrogen-bond donors (Lipinski definition) is 2. The Labute approximate surface area is 223 Å². The van der Waals surface area contributed by atoms with Gasteiger partial charge in [0.15, 0.2) is 15.9 Å². The number of rotatable bonds is 8. The second kappa shape index (κ2) is 10.2. The van der Waals surface area contributed by atoms with Gasteiger partial charge in [-0.2, -0.15) is 0 Å². The third kappa shape index (κ3) is 5.15. The van der Waals surface area contributed by atoms with Crippen LogP contribution in [0, 0.1) is 0 Å². The fourth-order valence-electron chi connectivity index (χ4n) is 5.05. The summed E-state index contributed by atoms with van der Waals surface area (Å²) in [5, 5.41) is 7.13. The summed E-state index contributed by atoms with van der Waals surface area (Å²) < 4.78 is 41.2. The molecule has 0 saturated heterocycles. The summed E-state index contributed by atoms with van der Waals surface area (Å²) in [5.41, 5.74) is 4.69. The molecule has 2 aliphatic heterocycles. The number of carbonyl (C=O) groups is 1. The molecule has 8 nitrogen and oxygen atoms in total. The molecule has 9 heteroatoms. The molecule has 200 valence electrons. The van der Waals surface area contributed by atoms with E-state index in [9.17, 15) is 13.2 Å². The quantitative estimate of drug-likeness (QED) is 0.360. The highest BCUT2D eigenvalue weighted by atomic mass is 32.2. The van der Waals surface area contributed by atoms with E-state index in [4.69, 9.17) is 14.2 Å². The molecule has 0 radical (unpaired) electrons. The first-order valence-corrected chi connectivity index (χ1v) is 14.6. The van der Waals surface area contributed by atoms with Crippen LogP contribution in [0.25, 0.3) is 0 Å². The summed E-state index contributed by atoms with van der Waals surface area (Å²) in [6, 6.07) is 18.8. The number of benzene rings is 3. The molecular formula is C29H32N2O6S. The molecule has 0 fully saturated rings. The lowest BCUT2D eigenvalue weighted by atomic mass is 10.0. The van der Waals surface area contributed by atoms with Crippen LogP contribution in [-0.4, -0.2) is 33.4 Å². The molecule has 4 atom stereocenters. The van der Waals surface area contributed by atoms with Gasteiger partial charge in [-0.1, -0.05) is 31.2 Å². The Balaban J connectivity index is 1.32. The number of carbonyl (C=O) groups excluding carboxylic acids is 1. The van der Waals surface area contributed by atoms with Gasteiger partial charge in [0, 0.05) is 36.1 Å². The number of anilines is 2. The number of hydrogen-bond acceptors (Lipinski definition) is 8. The maximum atomic E-state index is 11.8. The summed E-state index contributed by atoms with van der Waals surface area (Å²) >= 11 is 0. The van der Waals surface area contributed by atoms with Crippen LogP contribution in [0.4, 0.5) is 11.4 Å². The average Bonchev–Trinajstić information content (AvgIpc) is 3.42. The van der Waals surface area contributed by atoms with Crippen molar-refractivity contribution >= 4 is 27.2 Å². The maximum absolute atomic E-state index is 11.8. The predicted molar refractivity (Wildman–Crippen MR) is 146 cm³/mol. The molecule has 0 saturated carbocycles. The normalized spacial score (nSPS) is 20.5. The van der Waals surface area contributed by atoms with Crippen LogP contribution in [0.5, 0.6) is 11.5 Å². The molecule has 38 heavy (non-hydrogen) atoms. The smallest absolute Gasteiger partial charge is 0.303 e. The van der Waals surface area contributed by atoms with E-state index in [0.717, 1.165) is 40.2 Å². The SMILES string of the molecule is CCC(Nc1cccc2c1OC[C@H]2Nc1ccc2c(c1)OC(C)[C@H]2OC(C)=O)c1ccc(S(C)(=O)=O)cc1. The molecule has 2 N–H and O–H groups in total. The zero-order valence-corrected chi connectivity index (χ0v) is 22.7. The van der Waals surface area contributed by atoms with Gasteiger partial charge in [0.25, 0.3) is 0 Å². The van der Waals surface area contributed by atoms with Gasteiger partial charge in [0.1, 0.15) is 24.2 Å². The summed E-state index contributed by atoms with van der Waals surface area (Å²) in [5.74, 6) is 1.18. The molecule has 2 heterocycles. The van der Waals surface area contributed by atoms with Crippen molar-refractivity contribution in [3.05, 3.63) is 77.4 Å². The van der Waals surface area contributed by atoms with Gasteiger partial charge >= 0.3 is 5.97 Å². The number of fused-ring (bicyclic) bond motifs is 2. The van der Waals surface area contributed by atoms with Gasteiger partial charge in [0.05, 0.1) is 22.7 Å². The average molecular weight is 537 g/mol. The van der Waals surface area contributed by atoms with Crippen molar-refractivity contribution in [2.45, 2.75) is 56.4 Å². The Bertz CT molecular complexity index is 1450. The van der Waals surface area contributed by atoms with E-state index in [0.29, 0.717) is 17.3 Å². The maximum Gasteiger partial charge on any atom is 0.303 e. The highest BCUT2D eigenvalue weighted by molar-refractivity contribution is 7.90. The zero-order chi connectivity index (χ0) is 27.0. The van der Waals surface area contributed by atoms with Crippen LogP contribution >= 0.6 is 0 Å². The third-order valence-electron chi connectivity index (χ3n) is 6.96. The first-order valence-electron chi connectivity index (χ1n) is 12.7. The van der Waals surface area contributed by atoms with Crippen LogP contribution in [0.2, 0.25) is 0 Å². The van der Waals surface area contributed by atoms with Gasteiger partial charge < -0.3 is 24.8 Å². The summed E-state index contributed by atoms with van der Waals surface area (Å²) in [6.45, 7) is 5.84. The van der Waals surface area contributed by atoms with E-state index in [1.54, 1.807) is 12.1 Å². The lowest BCUT2D eigenvalue weighted by molar-refractivity contribution is -0.149. The first-order chi connectivity index (χ1) is 18.1. The minimum absolute atomic E-state index is 0.00765. The number of esters is 1. The van der Waals surface area contributed by atoms with E-state index in [-0.39, 0.29) is 24.2 Å². The first kappa shape index (κ1) is 25.9. The van der Waals surface area contributed by atoms with Gasteiger partial charge in [-0.15, -0.1) is 0 Å². The third-order valence-corrected chi connectivity index (χ3v) is 8.09. The van der Waals surface area contributed by atoms with Crippen LogP contribution in [-0.2, 0) is 19.4 Å². The topological polar surface area (TPSA) is 103 Å². The molecule has 0 bridgehead atoms. The standard InChI is InChI=1S/C29H32N2O6S/c1-5-24(19-9-12-21(13-10-19)38(4,33)34)31-25-8-6-7-22-26(16-35-29(22)25)30-20-11-14-23-27(15-20)36-17(2)28(23)37-18(3)32/h6-15,17,24,26,28,30-31H,5,16H2,1-4H3/t17?,24?,26-,28-/m1/s1. The summed E-state index contributed by atoms with van der Waals surface area (Å²) in [4.78, 5) is 11.8. The lowest BCUT2D eigenvalue weighted by Gasteiger charge is -2.21. The van der Waals surface area contributed by atoms with Crippen LogP contribution in [0.1, 0.15) is 62.1 Å². The van der Waals surface area contributed by atoms with E-state index >= 15 is 0 Å². The van der Waals surface area contributed by atoms with Crippen molar-refractivity contribution in [2.75, 3.05) is 23.5 Å². The minimum atomic E-state index is -3.24. The van der Waals surface area contributed by atoms with Gasteiger partial charge in [-0.05, 0) is 49.2 Å². The largest absolute Gasteiger partial charge is 0.489 e. The Kier molecular flexibility index (Phi) is 6.96. The molecule has 3 aromatic rings. The van der Waals surface area contributed by atoms with Crippen molar-refractivity contribution in [2.24, 2.45) is 0 Å². The Morgan fingerprint density at radius 1 is 1.11 bits per heavy atom. The predicted octanol–water partition coefficient (Wildman–Crippen LogP) is 5.58. The second-order valence-electron chi connectivity index (χ2n) is 9.78. The molecule has 0 amide bonds. The monoisotopic (exact) mass is 536 g/mol. The zero-order valence-electron chi connectivity index (χ0n) is 21.9. The van der Waals surface area contributed by atoms with Crippen LogP contribution in [0.3, 0.4) is 0 Å². The van der Waals surface area contributed by atoms with Crippen molar-refractivity contribution < 1.29 is 27.4 Å². The Morgan fingerprint density at radius 2 is 1.87 bits per heavy atom. The molecule has 3 aromatic carbocycles. The number of sulfone groups is 1. The fraction of sp³-hybridized carbons (Fsp3) is 0.345. The van der Waals surface area contributed by atoms with Crippen LogP contribution in [0.15, 0.2) is 65.6 Å². The van der Waals surface area contributed by atoms with E-state index < -0.39 is 15.9 Å². The highest BCUT2D eigenvalue weighted by Gasteiger charge is 2.34. The number of ether oxygens (including phenoxy) is 3. The summed E-state index contributed by atoms with van der Waals surface area (Å²) in [7, 11) is -3.24. The molecule has 0 spiro atoms. The molecular weight excluding hydrogens is 504 g/mol. The van der Waals surface area contributed by atoms with Crippen molar-refractivity contribution in [3.8, 4) is 11.5 Å². The lowest BCUT2D eigenvalue weighted by Crippen LogP contribution is -2.18. The Hall–Kier alpha value is -3.72. The second-order valence-corrected chi connectivity index (χ2v) is 11.8. The van der Waals surface area contributed by atoms with Gasteiger partial charge in [0.2, 0.25) is 0 Å². The Morgan fingerprint density at radius 3 is 2.55 bits per heavy atom. The molecule has 2 aliphatic rings. The van der Waals surface area contributed by atoms with E-state index in [1.807, 2.05) is 49.4 Å². The minimum Gasteiger partial charge on any atom is -0.489 e. The van der Waals surface area contributed by atoms with Gasteiger partial charge in [-0.25, -0.2) is 8.42 Å². The summed E-state index contributed by atoms with van der Waals surface area (Å²) in [6.07, 6.45) is 1.37. The van der Waals surface area contributed by atoms with Gasteiger partial charge in [-0.3, -0.25) is 4.79 Å². The fourth-order valence-corrected chi connectivity index (χ4v) is 5.68. The highest BCUT2D eigenvalue weighted by Crippen LogP contribution is 2.44. The van der Waals surface area contributed by atoms with Crippen molar-refractivity contribution in [1.29, 1.82) is 0 Å². The number of nitrogens with one attached hydrogen (secondary N) is 2. The van der Waals surface area contributed by atoms with Crippen molar-refractivity contribution in [1.82, 2.24) is 0 Å². The molecule has 0 aromatic heterocycles. The molecule has 5 rings (SSSR count). The van der Waals surface area contributed by atoms with Crippen LogP contribution < -0.4 is 20.1 Å². The number of para-hydroxylation sites is 1. The van der Waals surface area contributed by atoms with E-state index in [2.05, 4.69) is 23.6 Å².